The van der Waals surface area contributed by atoms with Crippen LogP contribution in [0.2, 0.25) is 5.02 Å². The van der Waals surface area contributed by atoms with Crippen LogP contribution in [0.1, 0.15) is 11.4 Å². The summed E-state index contributed by atoms with van der Waals surface area (Å²) < 4.78 is 7.53. The molecule has 2 aliphatic rings. The van der Waals surface area contributed by atoms with Crippen molar-refractivity contribution in [2.75, 3.05) is 37.7 Å². The summed E-state index contributed by atoms with van der Waals surface area (Å²) in [6, 6.07) is 13.8. The van der Waals surface area contributed by atoms with Crippen molar-refractivity contribution in [3.8, 4) is 0 Å². The van der Waals surface area contributed by atoms with Gasteiger partial charge in [-0.15, -0.1) is 0 Å². The lowest BCUT2D eigenvalue weighted by Gasteiger charge is -2.26. The summed E-state index contributed by atoms with van der Waals surface area (Å²) in [5.41, 5.74) is 4.03. The van der Waals surface area contributed by atoms with E-state index in [-0.39, 0.29) is 12.5 Å². The van der Waals surface area contributed by atoms with Crippen LogP contribution in [0.5, 0.6) is 0 Å². The molecule has 6 nitrogen and oxygen atoms in total. The highest BCUT2D eigenvalue weighted by molar-refractivity contribution is 6.30. The molecule has 3 heterocycles. The van der Waals surface area contributed by atoms with Gasteiger partial charge in [-0.3, -0.25) is 9.69 Å². The number of para-hydroxylation sites is 2. The van der Waals surface area contributed by atoms with Gasteiger partial charge in [-0.1, -0.05) is 23.7 Å². The van der Waals surface area contributed by atoms with Gasteiger partial charge < -0.3 is 14.2 Å². The van der Waals surface area contributed by atoms with Crippen molar-refractivity contribution in [1.29, 1.82) is 0 Å². The zero-order valence-corrected chi connectivity index (χ0v) is 16.9. The van der Waals surface area contributed by atoms with Crippen molar-refractivity contribution < 1.29 is 9.53 Å². The predicted molar refractivity (Wildman–Crippen MR) is 113 cm³/mol. The number of hydrogen-bond acceptors (Lipinski definition) is 4. The fourth-order valence-electron chi connectivity index (χ4n) is 4.23. The third-order valence-electron chi connectivity index (χ3n) is 5.73. The highest BCUT2D eigenvalue weighted by Crippen LogP contribution is 2.31. The molecule has 7 heteroatoms. The Morgan fingerprint density at radius 2 is 1.93 bits per heavy atom. The van der Waals surface area contributed by atoms with E-state index in [0.717, 1.165) is 67.4 Å². The normalized spacial score (nSPS) is 17.1. The molecule has 0 spiro atoms. The van der Waals surface area contributed by atoms with E-state index in [9.17, 15) is 4.79 Å². The van der Waals surface area contributed by atoms with Crippen LogP contribution in [-0.2, 0) is 29.0 Å². The van der Waals surface area contributed by atoms with E-state index in [4.69, 9.17) is 21.3 Å². The summed E-state index contributed by atoms with van der Waals surface area (Å²) in [4.78, 5) is 22.3. The number of morpholine rings is 1. The number of carbonyl (C=O) groups is 1. The molecule has 1 amide bonds. The second-order valence-corrected chi connectivity index (χ2v) is 8.00. The Labute approximate surface area is 174 Å². The maximum Gasteiger partial charge on any atom is 0.247 e. The number of halogens is 1. The number of hydrogen-bond donors (Lipinski definition) is 0. The number of carbonyl (C=O) groups excluding carboxylic acids is 1. The third kappa shape index (κ3) is 3.64. The monoisotopic (exact) mass is 410 g/mol. The van der Waals surface area contributed by atoms with E-state index in [2.05, 4.69) is 9.47 Å². The van der Waals surface area contributed by atoms with Crippen LogP contribution in [0.25, 0.3) is 11.0 Å². The number of anilines is 1. The summed E-state index contributed by atoms with van der Waals surface area (Å²) >= 11 is 6.12. The quantitative estimate of drug-likeness (QED) is 0.663. The Hall–Kier alpha value is -2.41. The van der Waals surface area contributed by atoms with E-state index < -0.39 is 0 Å². The number of amides is 1. The standard InChI is InChI=1S/C22H23ClN4O2/c23-17-5-6-19-16(13-17)7-8-26(19)22(28)15-27-20-4-2-1-3-18(20)24-21(27)14-25-9-11-29-12-10-25/h1-6,13H,7-12,14-15H2. The minimum Gasteiger partial charge on any atom is -0.379 e. The maximum atomic E-state index is 13.3. The van der Waals surface area contributed by atoms with Crippen molar-refractivity contribution in [2.24, 2.45) is 0 Å². The van der Waals surface area contributed by atoms with Gasteiger partial charge in [-0.25, -0.2) is 4.98 Å². The van der Waals surface area contributed by atoms with Gasteiger partial charge in [0.15, 0.2) is 0 Å². The van der Waals surface area contributed by atoms with E-state index in [0.29, 0.717) is 11.6 Å². The molecule has 2 aromatic carbocycles. The molecule has 1 saturated heterocycles. The van der Waals surface area contributed by atoms with Crippen LogP contribution < -0.4 is 4.90 Å². The molecular formula is C22H23ClN4O2. The fourth-order valence-corrected chi connectivity index (χ4v) is 4.43. The van der Waals surface area contributed by atoms with Crippen LogP contribution in [0.15, 0.2) is 42.5 Å². The molecular weight excluding hydrogens is 388 g/mol. The molecule has 29 heavy (non-hydrogen) atoms. The molecule has 1 aromatic heterocycles. The van der Waals surface area contributed by atoms with Gasteiger partial charge >= 0.3 is 0 Å². The van der Waals surface area contributed by atoms with Crippen LogP contribution in [-0.4, -0.2) is 53.2 Å². The Morgan fingerprint density at radius 3 is 2.79 bits per heavy atom. The Morgan fingerprint density at radius 1 is 1.10 bits per heavy atom. The van der Waals surface area contributed by atoms with E-state index >= 15 is 0 Å². The van der Waals surface area contributed by atoms with Crippen LogP contribution in [0.4, 0.5) is 5.69 Å². The van der Waals surface area contributed by atoms with Gasteiger partial charge in [0.05, 0.1) is 30.8 Å². The first kappa shape index (κ1) is 18.6. The zero-order valence-electron chi connectivity index (χ0n) is 16.2. The third-order valence-corrected chi connectivity index (χ3v) is 5.97. The van der Waals surface area contributed by atoms with E-state index in [1.165, 1.54) is 0 Å². The van der Waals surface area contributed by atoms with Crippen molar-refractivity contribution in [3.63, 3.8) is 0 Å². The highest BCUT2D eigenvalue weighted by atomic mass is 35.5. The second kappa shape index (κ2) is 7.78. The first-order valence-electron chi connectivity index (χ1n) is 10.0. The minimum absolute atomic E-state index is 0.0810. The molecule has 1 fully saturated rings. The average molecular weight is 411 g/mol. The molecule has 0 bridgehead atoms. The Balaban J connectivity index is 1.44. The van der Waals surface area contributed by atoms with Crippen LogP contribution in [0.3, 0.4) is 0 Å². The van der Waals surface area contributed by atoms with Crippen molar-refractivity contribution in [2.45, 2.75) is 19.5 Å². The number of imidazole rings is 1. The molecule has 0 aliphatic carbocycles. The summed E-state index contributed by atoms with van der Waals surface area (Å²) in [6.45, 7) is 4.95. The van der Waals surface area contributed by atoms with E-state index in [1.54, 1.807) is 0 Å². The largest absolute Gasteiger partial charge is 0.379 e. The average Bonchev–Trinajstić information content (AvgIpc) is 3.30. The first-order valence-corrected chi connectivity index (χ1v) is 10.4. The molecule has 2 aliphatic heterocycles. The molecule has 0 atom stereocenters. The van der Waals surface area contributed by atoms with Crippen molar-refractivity contribution in [1.82, 2.24) is 14.5 Å². The fraction of sp³-hybridized carbons (Fsp3) is 0.364. The number of aromatic nitrogens is 2. The zero-order chi connectivity index (χ0) is 19.8. The topological polar surface area (TPSA) is 50.6 Å². The number of nitrogens with zero attached hydrogens (tertiary/aromatic N) is 4. The van der Waals surface area contributed by atoms with Gasteiger partial charge in [-0.2, -0.15) is 0 Å². The van der Waals surface area contributed by atoms with Gasteiger partial charge in [0.2, 0.25) is 5.91 Å². The molecule has 5 rings (SSSR count). The second-order valence-electron chi connectivity index (χ2n) is 7.56. The lowest BCUT2D eigenvalue weighted by molar-refractivity contribution is -0.119. The number of rotatable bonds is 4. The van der Waals surface area contributed by atoms with Gasteiger partial charge in [0.25, 0.3) is 0 Å². The highest BCUT2D eigenvalue weighted by Gasteiger charge is 2.26. The molecule has 0 radical (unpaired) electrons. The lowest BCUT2D eigenvalue weighted by atomic mass is 10.2. The Bertz CT molecular complexity index is 1060. The van der Waals surface area contributed by atoms with Crippen molar-refractivity contribution >= 4 is 34.2 Å². The first-order chi connectivity index (χ1) is 14.2. The van der Waals surface area contributed by atoms with Crippen LogP contribution >= 0.6 is 11.6 Å². The predicted octanol–water partition coefficient (Wildman–Crippen LogP) is 3.11. The SMILES string of the molecule is O=C(Cn1c(CN2CCOCC2)nc2ccccc21)N1CCc2cc(Cl)ccc21. The molecule has 150 valence electrons. The summed E-state index contributed by atoms with van der Waals surface area (Å²) in [7, 11) is 0. The van der Waals surface area contributed by atoms with Crippen LogP contribution in [0, 0.1) is 0 Å². The minimum atomic E-state index is 0.0810. The lowest BCUT2D eigenvalue weighted by Crippen LogP contribution is -2.37. The number of ether oxygens (including phenoxy) is 1. The number of benzene rings is 2. The summed E-state index contributed by atoms with van der Waals surface area (Å²) in [6.07, 6.45) is 0.840. The van der Waals surface area contributed by atoms with Crippen molar-refractivity contribution in [3.05, 3.63) is 58.9 Å². The van der Waals surface area contributed by atoms with Gasteiger partial charge in [-0.05, 0) is 42.3 Å². The maximum absolute atomic E-state index is 13.3. The molecule has 0 N–H and O–H groups in total. The molecule has 3 aromatic rings. The summed E-state index contributed by atoms with van der Waals surface area (Å²) in [5, 5.41) is 0.714. The number of fused-ring (bicyclic) bond motifs is 2. The smallest absolute Gasteiger partial charge is 0.247 e. The van der Waals surface area contributed by atoms with Gasteiger partial charge in [0.1, 0.15) is 12.4 Å². The van der Waals surface area contributed by atoms with E-state index in [1.807, 2.05) is 47.4 Å². The summed E-state index contributed by atoms with van der Waals surface area (Å²) in [5.74, 6) is 1.01. The molecule has 0 unspecified atom stereocenters. The Kier molecular flexibility index (Phi) is 4.99. The molecule has 0 saturated carbocycles. The van der Waals surface area contributed by atoms with Gasteiger partial charge in [0, 0.05) is 30.3 Å².